The van der Waals surface area contributed by atoms with E-state index in [1.165, 1.54) is 38.0 Å². The Bertz CT molecular complexity index is 988. The van der Waals surface area contributed by atoms with Crippen LogP contribution in [0, 0.1) is 10.1 Å². The third kappa shape index (κ3) is 3.55. The molecule has 0 amide bonds. The lowest BCUT2D eigenvalue weighted by Crippen LogP contribution is -2.24. The fourth-order valence-electron chi connectivity index (χ4n) is 4.64. The molecule has 2 aromatic rings. The Morgan fingerprint density at radius 3 is 2.72 bits per heavy atom. The summed E-state index contributed by atoms with van der Waals surface area (Å²) < 4.78 is 5.10. The number of ether oxygens (including phenoxy) is 1. The molecular formula is C22H24N2O4S. The number of nitro benzene ring substituents is 1. The van der Waals surface area contributed by atoms with Crippen LogP contribution in [0.25, 0.3) is 0 Å². The zero-order chi connectivity index (χ0) is 20.5. The minimum atomic E-state index is -0.405. The van der Waals surface area contributed by atoms with Crippen molar-refractivity contribution in [2.24, 2.45) is 0 Å². The number of hydrogen-bond acceptors (Lipinski definition) is 6. The number of thiophene rings is 1. The van der Waals surface area contributed by atoms with E-state index in [-0.39, 0.29) is 11.6 Å². The minimum Gasteiger partial charge on any atom is -0.466 e. The molecule has 1 aliphatic heterocycles. The Morgan fingerprint density at radius 2 is 2.03 bits per heavy atom. The number of nitrogens with zero attached hydrogens (tertiary/aromatic N) is 1. The van der Waals surface area contributed by atoms with Crippen LogP contribution in [0.4, 0.5) is 10.7 Å². The van der Waals surface area contributed by atoms with E-state index in [4.69, 9.17) is 4.74 Å². The lowest BCUT2D eigenvalue weighted by atomic mass is 9.76. The molecule has 1 atom stereocenters. The van der Waals surface area contributed by atoms with Crippen LogP contribution in [-0.4, -0.2) is 18.0 Å². The van der Waals surface area contributed by atoms with Gasteiger partial charge in [0.1, 0.15) is 0 Å². The van der Waals surface area contributed by atoms with Crippen molar-refractivity contribution in [3.63, 3.8) is 0 Å². The molecule has 0 bridgehead atoms. The van der Waals surface area contributed by atoms with E-state index in [2.05, 4.69) is 10.7 Å². The molecule has 4 rings (SSSR count). The fraction of sp³-hybridized carbons (Fsp3) is 0.409. The van der Waals surface area contributed by atoms with Crippen molar-refractivity contribution in [2.45, 2.75) is 50.9 Å². The second-order valence-corrected chi connectivity index (χ2v) is 8.59. The Balaban J connectivity index is 1.90. The number of anilines is 1. The molecule has 0 radical (unpaired) electrons. The molecule has 1 aromatic heterocycles. The van der Waals surface area contributed by atoms with Crippen LogP contribution in [0.2, 0.25) is 0 Å². The number of non-ortho nitro benzene ring substituents is 1. The maximum Gasteiger partial charge on any atom is 0.336 e. The summed E-state index contributed by atoms with van der Waals surface area (Å²) in [4.78, 5) is 23.7. The van der Waals surface area contributed by atoms with Crippen LogP contribution >= 0.6 is 11.3 Å². The molecule has 7 heteroatoms. The molecule has 2 heterocycles. The van der Waals surface area contributed by atoms with E-state index in [0.717, 1.165) is 34.7 Å². The fourth-order valence-corrected chi connectivity index (χ4v) is 5.77. The number of nitrogens with one attached hydrogen (secondary N) is 1. The van der Waals surface area contributed by atoms with Crippen molar-refractivity contribution in [1.29, 1.82) is 0 Å². The first-order valence-electron chi connectivity index (χ1n) is 9.93. The van der Waals surface area contributed by atoms with Crippen molar-refractivity contribution >= 4 is 28.0 Å². The number of carbonyl (C=O) groups excluding carboxylic acids is 1. The SMILES string of the molecule is COC(=O)C1=C(C)Nc2scc(C3CCCCC3)c2C1c1cccc([N+](=O)[O-])c1. The molecule has 1 N–H and O–H groups in total. The molecule has 1 fully saturated rings. The van der Waals surface area contributed by atoms with Gasteiger partial charge in [0.25, 0.3) is 5.69 Å². The van der Waals surface area contributed by atoms with Gasteiger partial charge in [-0.05, 0) is 42.2 Å². The zero-order valence-corrected chi connectivity index (χ0v) is 17.4. The van der Waals surface area contributed by atoms with Crippen LogP contribution < -0.4 is 5.32 Å². The van der Waals surface area contributed by atoms with Crippen molar-refractivity contribution in [3.05, 3.63) is 67.7 Å². The van der Waals surface area contributed by atoms with Crippen LogP contribution in [-0.2, 0) is 9.53 Å². The predicted molar refractivity (Wildman–Crippen MR) is 113 cm³/mol. The Morgan fingerprint density at radius 1 is 1.28 bits per heavy atom. The maximum absolute atomic E-state index is 12.7. The van der Waals surface area contributed by atoms with Gasteiger partial charge in [-0.2, -0.15) is 0 Å². The first-order valence-corrected chi connectivity index (χ1v) is 10.8. The number of benzene rings is 1. The molecule has 1 unspecified atom stereocenters. The number of methoxy groups -OCH3 is 1. The predicted octanol–water partition coefficient (Wildman–Crippen LogP) is 5.71. The molecule has 152 valence electrons. The summed E-state index contributed by atoms with van der Waals surface area (Å²) in [5.74, 6) is -0.316. The highest BCUT2D eigenvalue weighted by molar-refractivity contribution is 7.14. The minimum absolute atomic E-state index is 0.0268. The summed E-state index contributed by atoms with van der Waals surface area (Å²) in [5, 5.41) is 18.0. The molecule has 0 spiro atoms. The summed E-state index contributed by atoms with van der Waals surface area (Å²) in [6.07, 6.45) is 5.97. The van der Waals surface area contributed by atoms with E-state index in [1.807, 2.05) is 13.0 Å². The first kappa shape index (κ1) is 19.6. The summed E-state index contributed by atoms with van der Waals surface area (Å²) in [7, 11) is 1.37. The smallest absolute Gasteiger partial charge is 0.336 e. The summed E-state index contributed by atoms with van der Waals surface area (Å²) in [6.45, 7) is 1.86. The Hall–Kier alpha value is -2.67. The second-order valence-electron chi connectivity index (χ2n) is 7.71. The monoisotopic (exact) mass is 412 g/mol. The van der Waals surface area contributed by atoms with Gasteiger partial charge in [0.05, 0.1) is 22.6 Å². The molecular weight excluding hydrogens is 388 g/mol. The van der Waals surface area contributed by atoms with Crippen molar-refractivity contribution < 1.29 is 14.5 Å². The summed E-state index contributed by atoms with van der Waals surface area (Å²) >= 11 is 1.65. The first-order chi connectivity index (χ1) is 14.0. The van der Waals surface area contributed by atoms with Gasteiger partial charge in [-0.15, -0.1) is 11.3 Å². The summed E-state index contributed by atoms with van der Waals surface area (Å²) in [5.41, 5.74) is 4.38. The quantitative estimate of drug-likeness (QED) is 0.395. The molecule has 6 nitrogen and oxygen atoms in total. The second kappa shape index (κ2) is 7.99. The molecule has 2 aliphatic rings. The maximum atomic E-state index is 12.7. The number of carbonyl (C=O) groups is 1. The topological polar surface area (TPSA) is 81.5 Å². The number of hydrogen-bond donors (Lipinski definition) is 1. The number of fused-ring (bicyclic) bond motifs is 1. The van der Waals surface area contributed by atoms with Crippen LogP contribution in [0.1, 0.15) is 67.6 Å². The zero-order valence-electron chi connectivity index (χ0n) is 16.6. The standard InChI is InChI=1S/C22H24N2O4S/c1-13-18(22(25)28-2)19(15-9-6-10-16(11-15)24(26)27)20-17(12-29-21(20)23-13)14-7-4-3-5-8-14/h6,9-12,14,19,23H,3-5,7-8H2,1-2H3. The average Bonchev–Trinajstić information content (AvgIpc) is 3.16. The van der Waals surface area contributed by atoms with Gasteiger partial charge in [-0.1, -0.05) is 31.4 Å². The highest BCUT2D eigenvalue weighted by atomic mass is 32.1. The molecule has 1 saturated carbocycles. The van der Waals surface area contributed by atoms with Gasteiger partial charge in [-0.25, -0.2) is 4.79 Å². The van der Waals surface area contributed by atoms with E-state index < -0.39 is 10.9 Å². The Kier molecular flexibility index (Phi) is 5.41. The van der Waals surface area contributed by atoms with Crippen molar-refractivity contribution in [3.8, 4) is 0 Å². The van der Waals surface area contributed by atoms with Gasteiger partial charge >= 0.3 is 5.97 Å². The third-order valence-electron chi connectivity index (χ3n) is 6.01. The highest BCUT2D eigenvalue weighted by Gasteiger charge is 2.37. The molecule has 1 aliphatic carbocycles. The van der Waals surface area contributed by atoms with Gasteiger partial charge < -0.3 is 10.1 Å². The third-order valence-corrected chi connectivity index (χ3v) is 6.94. The van der Waals surface area contributed by atoms with E-state index in [1.54, 1.807) is 23.5 Å². The van der Waals surface area contributed by atoms with Gasteiger partial charge in [0.15, 0.2) is 0 Å². The van der Waals surface area contributed by atoms with E-state index >= 15 is 0 Å². The van der Waals surface area contributed by atoms with E-state index in [0.29, 0.717) is 11.5 Å². The van der Waals surface area contributed by atoms with Gasteiger partial charge in [0, 0.05) is 29.3 Å². The van der Waals surface area contributed by atoms with Crippen LogP contribution in [0.5, 0.6) is 0 Å². The molecule has 0 saturated heterocycles. The Labute approximate surface area is 173 Å². The largest absolute Gasteiger partial charge is 0.466 e. The van der Waals surface area contributed by atoms with Crippen molar-refractivity contribution in [2.75, 3.05) is 12.4 Å². The lowest BCUT2D eigenvalue weighted by Gasteiger charge is -2.31. The van der Waals surface area contributed by atoms with Gasteiger partial charge in [0.2, 0.25) is 0 Å². The van der Waals surface area contributed by atoms with Crippen molar-refractivity contribution in [1.82, 2.24) is 0 Å². The number of nitro groups is 1. The lowest BCUT2D eigenvalue weighted by molar-refractivity contribution is -0.384. The molecule has 1 aromatic carbocycles. The van der Waals surface area contributed by atoms with E-state index in [9.17, 15) is 14.9 Å². The normalized spacial score (nSPS) is 19.4. The highest BCUT2D eigenvalue weighted by Crippen LogP contribution is 2.50. The number of allylic oxidation sites excluding steroid dienone is 1. The molecule has 29 heavy (non-hydrogen) atoms. The number of rotatable bonds is 4. The number of esters is 1. The summed E-state index contributed by atoms with van der Waals surface area (Å²) in [6, 6.07) is 6.62. The van der Waals surface area contributed by atoms with Crippen LogP contribution in [0.15, 0.2) is 40.9 Å². The average molecular weight is 413 g/mol. The van der Waals surface area contributed by atoms with Crippen LogP contribution in [0.3, 0.4) is 0 Å². The van der Waals surface area contributed by atoms with Gasteiger partial charge in [-0.3, -0.25) is 10.1 Å².